The summed E-state index contributed by atoms with van der Waals surface area (Å²) in [6.07, 6.45) is -5.06. The molecule has 0 bridgehead atoms. The van der Waals surface area contributed by atoms with Gasteiger partial charge in [-0.2, -0.15) is 0 Å². The molecule has 1 amide bonds. The van der Waals surface area contributed by atoms with Gasteiger partial charge in [-0.25, -0.2) is 0 Å². The summed E-state index contributed by atoms with van der Waals surface area (Å²) in [5, 5.41) is 2.57. The van der Waals surface area contributed by atoms with Crippen LogP contribution in [0.2, 0.25) is 0 Å². The zero-order valence-corrected chi connectivity index (χ0v) is 21.4. The zero-order valence-electron chi connectivity index (χ0n) is 21.4. The number of ether oxygens (including phenoxy) is 8. The number of hydrogen-bond donors (Lipinski definition) is 1. The Morgan fingerprint density at radius 1 is 0.757 bits per heavy atom. The molecule has 14 nitrogen and oxygen atoms in total. The average Bonchev–Trinajstić information content (AvgIpc) is 2.81. The van der Waals surface area contributed by atoms with Crippen molar-refractivity contribution in [1.82, 2.24) is 5.32 Å². The maximum Gasteiger partial charge on any atom is 0.303 e. The highest BCUT2D eigenvalue weighted by molar-refractivity contribution is 5.86. The van der Waals surface area contributed by atoms with Crippen molar-refractivity contribution >= 4 is 29.8 Å². The van der Waals surface area contributed by atoms with Gasteiger partial charge in [0.15, 0.2) is 24.6 Å². The topological polar surface area (TPSA) is 171 Å². The summed E-state index contributed by atoms with van der Waals surface area (Å²) in [6, 6.07) is 0. The van der Waals surface area contributed by atoms with Gasteiger partial charge in [0.25, 0.3) is 0 Å². The van der Waals surface area contributed by atoms with Gasteiger partial charge in [0, 0.05) is 34.2 Å². The second-order valence-corrected chi connectivity index (χ2v) is 7.66. The third-order valence-corrected chi connectivity index (χ3v) is 4.56. The van der Waals surface area contributed by atoms with E-state index < -0.39 is 54.6 Å². The van der Waals surface area contributed by atoms with E-state index in [-0.39, 0.29) is 38.9 Å². The largest absolute Gasteiger partial charge is 0.463 e. The van der Waals surface area contributed by atoms with Gasteiger partial charge in [0.1, 0.15) is 12.7 Å². The molecule has 37 heavy (non-hydrogen) atoms. The summed E-state index contributed by atoms with van der Waals surface area (Å²) >= 11 is 0. The molecule has 14 heteroatoms. The zero-order chi connectivity index (χ0) is 27.8. The molecule has 1 heterocycles. The van der Waals surface area contributed by atoms with Crippen molar-refractivity contribution in [3.8, 4) is 0 Å². The summed E-state index contributed by atoms with van der Waals surface area (Å²) in [5.41, 5.74) is 0. The Labute approximate surface area is 214 Å². The molecule has 1 aliphatic heterocycles. The highest BCUT2D eigenvalue weighted by atomic mass is 16.7. The highest BCUT2D eigenvalue weighted by Crippen LogP contribution is 2.29. The second-order valence-electron chi connectivity index (χ2n) is 7.66. The standard InChI is InChI=1S/C23H35NO13/c1-6-19(29)24-7-8-30-9-10-31-11-12-32-23-22(36-17(5)28)21(35-16(4)27)20(34-15(3)26)18(37-23)13-33-14(2)25/h6,18,20-23H,1,7-13H2,2-5H3,(H,24,29)/t18-,20+,21+,22-,23-/m1/s1. The van der Waals surface area contributed by atoms with E-state index in [9.17, 15) is 24.0 Å². The smallest absolute Gasteiger partial charge is 0.303 e. The first-order valence-electron chi connectivity index (χ1n) is 11.5. The van der Waals surface area contributed by atoms with Crippen LogP contribution < -0.4 is 5.32 Å². The molecular weight excluding hydrogens is 498 g/mol. The third kappa shape index (κ3) is 13.2. The van der Waals surface area contributed by atoms with Crippen LogP contribution in [-0.4, -0.2) is 107 Å². The van der Waals surface area contributed by atoms with Crippen LogP contribution in [0.5, 0.6) is 0 Å². The minimum atomic E-state index is -1.31. The molecule has 1 saturated heterocycles. The molecule has 210 valence electrons. The molecule has 0 aliphatic carbocycles. The molecule has 5 atom stereocenters. The lowest BCUT2D eigenvalue weighted by atomic mass is 9.98. The van der Waals surface area contributed by atoms with Crippen molar-refractivity contribution in [3.63, 3.8) is 0 Å². The molecule has 0 aromatic heterocycles. The highest BCUT2D eigenvalue weighted by Gasteiger charge is 2.52. The number of esters is 4. The predicted molar refractivity (Wildman–Crippen MR) is 123 cm³/mol. The monoisotopic (exact) mass is 533 g/mol. The Bertz CT molecular complexity index is 787. The number of amides is 1. The molecule has 0 spiro atoms. The van der Waals surface area contributed by atoms with Gasteiger partial charge in [-0.1, -0.05) is 6.58 Å². The van der Waals surface area contributed by atoms with Crippen molar-refractivity contribution in [1.29, 1.82) is 0 Å². The first kappa shape index (κ1) is 32.0. The fourth-order valence-electron chi connectivity index (χ4n) is 3.19. The predicted octanol–water partition coefficient (Wildman–Crippen LogP) is -0.578. The van der Waals surface area contributed by atoms with Gasteiger partial charge < -0.3 is 43.2 Å². The fraction of sp³-hybridized carbons (Fsp3) is 0.696. The maximum atomic E-state index is 11.8. The van der Waals surface area contributed by atoms with Gasteiger partial charge in [0.2, 0.25) is 5.91 Å². The van der Waals surface area contributed by atoms with Crippen LogP contribution in [0, 0.1) is 0 Å². The van der Waals surface area contributed by atoms with Crippen LogP contribution >= 0.6 is 0 Å². The SMILES string of the molecule is C=CC(=O)NCCOCCOCCO[C@@H]1O[C@H](COC(C)=O)[C@H](OC(C)=O)[C@H](OC(C)=O)[C@H]1OC(C)=O. The molecule has 0 aromatic carbocycles. The Morgan fingerprint density at radius 3 is 1.86 bits per heavy atom. The molecular formula is C23H35NO13. The number of carbonyl (C=O) groups is 5. The lowest BCUT2D eigenvalue weighted by molar-refractivity contribution is -0.309. The normalized spacial score (nSPS) is 22.9. The molecule has 0 radical (unpaired) electrons. The van der Waals surface area contributed by atoms with E-state index in [1.807, 2.05) is 0 Å². The Kier molecular flexibility index (Phi) is 15.0. The van der Waals surface area contributed by atoms with Crippen LogP contribution in [0.4, 0.5) is 0 Å². The van der Waals surface area contributed by atoms with Crippen LogP contribution in [0.25, 0.3) is 0 Å². The van der Waals surface area contributed by atoms with Crippen molar-refractivity contribution in [3.05, 3.63) is 12.7 Å². The van der Waals surface area contributed by atoms with Crippen LogP contribution in [0.15, 0.2) is 12.7 Å². The summed E-state index contributed by atoms with van der Waals surface area (Å²) in [6.45, 7) is 8.78. The van der Waals surface area contributed by atoms with E-state index in [1.165, 1.54) is 6.92 Å². The third-order valence-electron chi connectivity index (χ3n) is 4.56. The summed E-state index contributed by atoms with van der Waals surface area (Å²) in [5.74, 6) is -3.10. The number of rotatable bonds is 16. The van der Waals surface area contributed by atoms with E-state index in [1.54, 1.807) is 0 Å². The average molecular weight is 534 g/mol. The van der Waals surface area contributed by atoms with Gasteiger partial charge in [0.05, 0.1) is 33.0 Å². The summed E-state index contributed by atoms with van der Waals surface area (Å²) in [7, 11) is 0. The molecule has 0 saturated carbocycles. The molecule has 0 aromatic rings. The Morgan fingerprint density at radius 2 is 1.30 bits per heavy atom. The van der Waals surface area contributed by atoms with E-state index in [0.29, 0.717) is 13.2 Å². The lowest BCUT2D eigenvalue weighted by Crippen LogP contribution is -2.63. The van der Waals surface area contributed by atoms with Crippen molar-refractivity contribution in [2.45, 2.75) is 58.4 Å². The minimum absolute atomic E-state index is 0.0247. The molecule has 0 unspecified atom stereocenters. The van der Waals surface area contributed by atoms with Crippen molar-refractivity contribution in [2.24, 2.45) is 0 Å². The molecule has 1 aliphatic rings. The van der Waals surface area contributed by atoms with Gasteiger partial charge in [-0.05, 0) is 6.08 Å². The number of hydrogen-bond acceptors (Lipinski definition) is 13. The first-order valence-corrected chi connectivity index (χ1v) is 11.5. The molecule has 1 fully saturated rings. The molecule has 1 rings (SSSR count). The van der Waals surface area contributed by atoms with Gasteiger partial charge >= 0.3 is 23.9 Å². The van der Waals surface area contributed by atoms with E-state index in [2.05, 4.69) is 11.9 Å². The maximum absolute atomic E-state index is 11.8. The van der Waals surface area contributed by atoms with Crippen molar-refractivity contribution < 1.29 is 61.9 Å². The quantitative estimate of drug-likeness (QED) is 0.116. The van der Waals surface area contributed by atoms with Gasteiger partial charge in [-0.15, -0.1) is 0 Å². The second kappa shape index (κ2) is 17.4. The minimum Gasteiger partial charge on any atom is -0.463 e. The van der Waals surface area contributed by atoms with E-state index >= 15 is 0 Å². The summed E-state index contributed by atoms with van der Waals surface area (Å²) in [4.78, 5) is 57.7. The fourth-order valence-corrected chi connectivity index (χ4v) is 3.19. The van der Waals surface area contributed by atoms with Crippen LogP contribution in [0.3, 0.4) is 0 Å². The number of nitrogens with one attached hydrogen (secondary N) is 1. The summed E-state index contributed by atoms with van der Waals surface area (Å²) < 4.78 is 43.1. The number of carbonyl (C=O) groups excluding carboxylic acids is 5. The van der Waals surface area contributed by atoms with E-state index in [4.69, 9.17) is 37.9 Å². The van der Waals surface area contributed by atoms with Crippen LogP contribution in [0.1, 0.15) is 27.7 Å². The van der Waals surface area contributed by atoms with Crippen LogP contribution in [-0.2, 0) is 61.9 Å². The Balaban J connectivity index is 2.75. The molecule has 1 N–H and O–H groups in total. The first-order chi connectivity index (χ1) is 17.5. The van der Waals surface area contributed by atoms with Gasteiger partial charge in [-0.3, -0.25) is 24.0 Å². The lowest BCUT2D eigenvalue weighted by Gasteiger charge is -2.44. The van der Waals surface area contributed by atoms with E-state index in [0.717, 1.165) is 26.8 Å². The Hall–Kier alpha value is -3.07. The van der Waals surface area contributed by atoms with Crippen molar-refractivity contribution in [2.75, 3.05) is 46.2 Å².